The summed E-state index contributed by atoms with van der Waals surface area (Å²) >= 11 is 6.02. The Balaban J connectivity index is 1.89. The van der Waals surface area contributed by atoms with E-state index in [2.05, 4.69) is 5.32 Å². The molecule has 1 heterocycles. The van der Waals surface area contributed by atoms with Crippen molar-refractivity contribution >= 4 is 40.0 Å². The first-order valence-corrected chi connectivity index (χ1v) is 12.8. The van der Waals surface area contributed by atoms with Crippen molar-refractivity contribution in [2.45, 2.75) is 38.8 Å². The Morgan fingerprint density at radius 3 is 2.32 bits per heavy atom. The first kappa shape index (κ1) is 31.6. The predicted octanol–water partition coefficient (Wildman–Crippen LogP) is 4.10. The molecule has 0 bridgehead atoms. The number of rotatable bonds is 12. The lowest BCUT2D eigenvalue weighted by Crippen LogP contribution is -2.49. The number of ether oxygens (including phenoxy) is 1. The maximum absolute atomic E-state index is 14.0. The average molecular weight is 600 g/mol. The molecule has 0 aliphatic rings. The molecule has 1 N–H and O–H groups in total. The van der Waals surface area contributed by atoms with Gasteiger partial charge in [0.2, 0.25) is 23.4 Å². The Bertz CT molecular complexity index is 1510. The number of pyridine rings is 1. The van der Waals surface area contributed by atoms with Gasteiger partial charge in [-0.05, 0) is 36.9 Å². The van der Waals surface area contributed by atoms with Crippen molar-refractivity contribution in [3.8, 4) is 5.75 Å². The second-order valence-corrected chi connectivity index (χ2v) is 9.25. The molecule has 220 valence electrons. The van der Waals surface area contributed by atoms with Crippen LogP contribution in [-0.2, 0) is 19.2 Å². The highest BCUT2D eigenvalue weighted by molar-refractivity contribution is 6.31. The van der Waals surface area contributed by atoms with Crippen LogP contribution in [0.5, 0.6) is 5.75 Å². The van der Waals surface area contributed by atoms with Crippen LogP contribution in [-0.4, -0.2) is 53.5 Å². The lowest BCUT2D eigenvalue weighted by Gasteiger charge is -2.24. The summed E-state index contributed by atoms with van der Waals surface area (Å²) in [6, 6.07) is 3.47. The SMILES string of the molecule is CCON(C)C(=O)CC(NC(=O)[C@H](CC)n1ccc2ccc(Cl)cc2c1=O)C(=O)COc1c(F)c(F)cc(F)c1F. The monoisotopic (exact) mass is 599 g/mol. The third-order valence-electron chi connectivity index (χ3n) is 6.11. The molecule has 2 amide bonds. The highest BCUT2D eigenvalue weighted by atomic mass is 35.5. The normalized spacial score (nSPS) is 12.6. The van der Waals surface area contributed by atoms with Crippen LogP contribution >= 0.6 is 11.6 Å². The van der Waals surface area contributed by atoms with Crippen LogP contribution in [0, 0.1) is 23.3 Å². The van der Waals surface area contributed by atoms with E-state index >= 15 is 0 Å². The van der Waals surface area contributed by atoms with Crippen molar-refractivity contribution in [3.63, 3.8) is 0 Å². The lowest BCUT2D eigenvalue weighted by molar-refractivity contribution is -0.177. The smallest absolute Gasteiger partial charge is 0.259 e. The number of aromatic nitrogens is 1. The van der Waals surface area contributed by atoms with Gasteiger partial charge in [-0.1, -0.05) is 24.6 Å². The minimum absolute atomic E-state index is 0.0296. The van der Waals surface area contributed by atoms with E-state index in [1.807, 2.05) is 0 Å². The topological polar surface area (TPSA) is 107 Å². The fraction of sp³-hybridized carbons (Fsp3) is 0.333. The van der Waals surface area contributed by atoms with Crippen molar-refractivity contribution in [1.29, 1.82) is 0 Å². The van der Waals surface area contributed by atoms with Crippen LogP contribution in [0.3, 0.4) is 0 Å². The lowest BCUT2D eigenvalue weighted by atomic mass is 10.1. The standard InChI is InChI=1S/C27H26ClF4N3O6/c1-4-20(35-9-8-14-6-7-15(28)10-16(14)27(35)39)26(38)33-19(12-22(37)34(3)41-5-2)21(36)13-40-25-23(31)17(29)11-18(30)24(25)32/h6-11,19-20H,4-5,12-13H2,1-3H3,(H,33,38)/t19?,20-/m0/s1. The molecule has 14 heteroatoms. The van der Waals surface area contributed by atoms with Gasteiger partial charge in [-0.15, -0.1) is 0 Å². The molecule has 1 aromatic heterocycles. The van der Waals surface area contributed by atoms with E-state index in [4.69, 9.17) is 21.2 Å². The number of hydrogen-bond donors (Lipinski definition) is 1. The molecule has 2 atom stereocenters. The number of ketones is 1. The number of hydroxylamine groups is 2. The van der Waals surface area contributed by atoms with E-state index < -0.39 is 77.3 Å². The fourth-order valence-corrected chi connectivity index (χ4v) is 4.16. The van der Waals surface area contributed by atoms with Crippen LogP contribution < -0.4 is 15.6 Å². The van der Waals surface area contributed by atoms with Gasteiger partial charge in [0.1, 0.15) is 18.7 Å². The number of benzene rings is 2. The third kappa shape index (κ3) is 7.22. The van der Waals surface area contributed by atoms with Gasteiger partial charge in [0.25, 0.3) is 5.56 Å². The summed E-state index contributed by atoms with van der Waals surface area (Å²) in [4.78, 5) is 57.2. The Labute approximate surface area is 236 Å². The summed E-state index contributed by atoms with van der Waals surface area (Å²) in [6.07, 6.45) is 0.802. The van der Waals surface area contributed by atoms with Gasteiger partial charge in [0.05, 0.1) is 13.0 Å². The Morgan fingerprint density at radius 1 is 1.05 bits per heavy atom. The zero-order valence-electron chi connectivity index (χ0n) is 22.2. The number of amides is 2. The summed E-state index contributed by atoms with van der Waals surface area (Å²) in [5.74, 6) is -11.4. The first-order valence-electron chi connectivity index (χ1n) is 12.4. The molecule has 0 saturated heterocycles. The summed E-state index contributed by atoms with van der Waals surface area (Å²) in [5.41, 5.74) is -0.538. The van der Waals surface area contributed by atoms with E-state index in [-0.39, 0.29) is 24.5 Å². The van der Waals surface area contributed by atoms with Crippen molar-refractivity contribution in [3.05, 3.63) is 75.2 Å². The molecule has 2 aromatic carbocycles. The summed E-state index contributed by atoms with van der Waals surface area (Å²) in [6.45, 7) is 2.14. The number of Topliss-reactive ketones (excluding diaryl/α,β-unsaturated/α-hetero) is 1. The van der Waals surface area contributed by atoms with Crippen molar-refractivity contribution in [2.75, 3.05) is 20.3 Å². The first-order chi connectivity index (χ1) is 19.4. The zero-order valence-corrected chi connectivity index (χ0v) is 22.9. The molecule has 0 aliphatic carbocycles. The maximum Gasteiger partial charge on any atom is 0.259 e. The van der Waals surface area contributed by atoms with Gasteiger partial charge < -0.3 is 14.6 Å². The third-order valence-corrected chi connectivity index (χ3v) is 6.34. The molecule has 1 unspecified atom stereocenters. The molecule has 0 spiro atoms. The van der Waals surface area contributed by atoms with Gasteiger partial charge in [-0.25, -0.2) is 13.8 Å². The number of hydrogen-bond acceptors (Lipinski definition) is 6. The molecular weight excluding hydrogens is 574 g/mol. The van der Waals surface area contributed by atoms with Crippen molar-refractivity contribution in [2.24, 2.45) is 0 Å². The number of halogens is 5. The second-order valence-electron chi connectivity index (χ2n) is 8.81. The van der Waals surface area contributed by atoms with Crippen molar-refractivity contribution in [1.82, 2.24) is 14.9 Å². The zero-order chi connectivity index (χ0) is 30.4. The van der Waals surface area contributed by atoms with E-state index in [9.17, 15) is 36.7 Å². The van der Waals surface area contributed by atoms with E-state index in [1.165, 1.54) is 19.3 Å². The minimum Gasteiger partial charge on any atom is -0.479 e. The van der Waals surface area contributed by atoms with Crippen LogP contribution in [0.2, 0.25) is 5.02 Å². The summed E-state index contributed by atoms with van der Waals surface area (Å²) in [7, 11) is 1.26. The van der Waals surface area contributed by atoms with Crippen LogP contribution in [0.25, 0.3) is 10.8 Å². The van der Waals surface area contributed by atoms with E-state index in [1.54, 1.807) is 32.0 Å². The largest absolute Gasteiger partial charge is 0.479 e. The fourth-order valence-electron chi connectivity index (χ4n) is 3.98. The molecule has 3 rings (SSSR count). The highest BCUT2D eigenvalue weighted by Crippen LogP contribution is 2.26. The molecule has 3 aromatic rings. The quantitative estimate of drug-likeness (QED) is 0.191. The van der Waals surface area contributed by atoms with Crippen LogP contribution in [0.4, 0.5) is 17.6 Å². The summed E-state index contributed by atoms with van der Waals surface area (Å²) in [5, 5.41) is 4.32. The number of fused-ring (bicyclic) bond motifs is 1. The van der Waals surface area contributed by atoms with E-state index in [0.717, 1.165) is 9.63 Å². The highest BCUT2D eigenvalue weighted by Gasteiger charge is 2.31. The number of nitrogens with zero attached hydrogens (tertiary/aromatic N) is 2. The molecule has 41 heavy (non-hydrogen) atoms. The van der Waals surface area contributed by atoms with E-state index in [0.29, 0.717) is 10.4 Å². The molecule has 0 saturated carbocycles. The molecule has 0 radical (unpaired) electrons. The maximum atomic E-state index is 14.0. The second kappa shape index (κ2) is 13.6. The number of carbonyl (C=O) groups excluding carboxylic acids is 3. The minimum atomic E-state index is -1.87. The number of nitrogens with one attached hydrogen (secondary N) is 1. The van der Waals surface area contributed by atoms with Crippen LogP contribution in [0.1, 0.15) is 32.7 Å². The van der Waals surface area contributed by atoms with Gasteiger partial charge in [-0.2, -0.15) is 8.78 Å². The average Bonchev–Trinajstić information content (AvgIpc) is 2.93. The Kier molecular flexibility index (Phi) is 10.5. The molecule has 0 aliphatic heterocycles. The Hall–Kier alpha value is -3.97. The van der Waals surface area contributed by atoms with Gasteiger partial charge in [-0.3, -0.25) is 24.0 Å². The van der Waals surface area contributed by atoms with Gasteiger partial charge in [0.15, 0.2) is 23.2 Å². The molecular formula is C27H26ClF4N3O6. The summed E-state index contributed by atoms with van der Waals surface area (Å²) < 4.78 is 61.0. The van der Waals surface area contributed by atoms with Gasteiger partial charge >= 0.3 is 0 Å². The molecule has 0 fully saturated rings. The number of carbonyl (C=O) groups is 3. The molecule has 9 nitrogen and oxygen atoms in total. The van der Waals surface area contributed by atoms with Gasteiger partial charge in [0, 0.05) is 29.7 Å². The predicted molar refractivity (Wildman–Crippen MR) is 140 cm³/mol. The Morgan fingerprint density at radius 2 is 1.71 bits per heavy atom. The van der Waals surface area contributed by atoms with Crippen molar-refractivity contribution < 1.29 is 41.5 Å². The van der Waals surface area contributed by atoms with Crippen LogP contribution in [0.15, 0.2) is 41.3 Å².